The zero-order chi connectivity index (χ0) is 16.7. The van der Waals surface area contributed by atoms with Crippen LogP contribution in [-0.4, -0.2) is 19.1 Å². The number of amides is 1. The predicted molar refractivity (Wildman–Crippen MR) is 89.9 cm³/mol. The average molecular weight is 315 g/mol. The van der Waals surface area contributed by atoms with Crippen molar-refractivity contribution in [2.45, 2.75) is 20.8 Å². The van der Waals surface area contributed by atoms with Gasteiger partial charge in [0.15, 0.2) is 0 Å². The lowest BCUT2D eigenvalue weighted by Gasteiger charge is -2.12. The second kappa shape index (κ2) is 8.08. The van der Waals surface area contributed by atoms with E-state index in [1.54, 1.807) is 24.3 Å². The second-order valence-electron chi connectivity index (χ2n) is 4.79. The molecule has 0 aliphatic rings. The molecule has 0 spiro atoms. The van der Waals surface area contributed by atoms with E-state index in [9.17, 15) is 4.79 Å². The standard InChI is InChI=1S/C18H21NO4/c1-4-21-15-8-10-17(22-5-2)16(12-15)19-18(20)11-9-14-7-6-13(3)23-14/h6-12H,4-5H2,1-3H3,(H,19,20). The molecule has 0 atom stereocenters. The highest BCUT2D eigenvalue weighted by molar-refractivity contribution is 6.02. The molecule has 1 aromatic carbocycles. The van der Waals surface area contributed by atoms with Gasteiger partial charge in [0.25, 0.3) is 0 Å². The summed E-state index contributed by atoms with van der Waals surface area (Å²) in [5.74, 6) is 2.44. The Hall–Kier alpha value is -2.69. The maximum absolute atomic E-state index is 12.1. The Morgan fingerprint density at radius 3 is 2.61 bits per heavy atom. The van der Waals surface area contributed by atoms with Crippen molar-refractivity contribution >= 4 is 17.7 Å². The van der Waals surface area contributed by atoms with Gasteiger partial charge in [-0.25, -0.2) is 0 Å². The van der Waals surface area contributed by atoms with Gasteiger partial charge in [0, 0.05) is 12.1 Å². The molecule has 0 unspecified atom stereocenters. The average Bonchev–Trinajstić information content (AvgIpc) is 2.94. The van der Waals surface area contributed by atoms with E-state index in [4.69, 9.17) is 13.9 Å². The summed E-state index contributed by atoms with van der Waals surface area (Å²) in [6.07, 6.45) is 3.04. The summed E-state index contributed by atoms with van der Waals surface area (Å²) in [7, 11) is 0. The minimum Gasteiger partial charge on any atom is -0.494 e. The highest BCUT2D eigenvalue weighted by Crippen LogP contribution is 2.29. The molecule has 5 nitrogen and oxygen atoms in total. The van der Waals surface area contributed by atoms with Crippen LogP contribution < -0.4 is 14.8 Å². The van der Waals surface area contributed by atoms with E-state index < -0.39 is 0 Å². The number of hydrogen-bond acceptors (Lipinski definition) is 4. The van der Waals surface area contributed by atoms with Crippen LogP contribution in [0.5, 0.6) is 11.5 Å². The van der Waals surface area contributed by atoms with Crippen molar-refractivity contribution in [1.29, 1.82) is 0 Å². The third-order valence-electron chi connectivity index (χ3n) is 2.98. The van der Waals surface area contributed by atoms with Crippen molar-refractivity contribution in [1.82, 2.24) is 0 Å². The number of furan rings is 1. The summed E-state index contributed by atoms with van der Waals surface area (Å²) in [4.78, 5) is 12.1. The van der Waals surface area contributed by atoms with E-state index in [1.165, 1.54) is 6.08 Å². The topological polar surface area (TPSA) is 60.7 Å². The molecular formula is C18H21NO4. The lowest BCUT2D eigenvalue weighted by molar-refractivity contribution is -0.111. The zero-order valence-corrected chi connectivity index (χ0v) is 13.6. The monoisotopic (exact) mass is 315 g/mol. The third-order valence-corrected chi connectivity index (χ3v) is 2.98. The molecule has 0 radical (unpaired) electrons. The second-order valence-corrected chi connectivity index (χ2v) is 4.79. The van der Waals surface area contributed by atoms with Crippen molar-refractivity contribution in [2.24, 2.45) is 0 Å². The van der Waals surface area contributed by atoms with Crippen molar-refractivity contribution < 1.29 is 18.7 Å². The number of anilines is 1. The third kappa shape index (κ3) is 4.92. The smallest absolute Gasteiger partial charge is 0.248 e. The van der Waals surface area contributed by atoms with Crippen LogP contribution in [0.1, 0.15) is 25.4 Å². The molecule has 2 aromatic rings. The molecule has 1 aromatic heterocycles. The van der Waals surface area contributed by atoms with Gasteiger partial charge in [-0.05, 0) is 51.1 Å². The van der Waals surface area contributed by atoms with Crippen LogP contribution in [0, 0.1) is 6.92 Å². The SMILES string of the molecule is CCOc1ccc(OCC)c(NC(=O)C=Cc2ccc(C)o2)c1. The Morgan fingerprint density at radius 2 is 1.96 bits per heavy atom. The van der Waals surface area contributed by atoms with Crippen LogP contribution in [-0.2, 0) is 4.79 Å². The van der Waals surface area contributed by atoms with E-state index in [2.05, 4.69) is 5.32 Å². The van der Waals surface area contributed by atoms with E-state index >= 15 is 0 Å². The number of ether oxygens (including phenoxy) is 2. The molecule has 2 rings (SSSR count). The fourth-order valence-electron chi connectivity index (χ4n) is 2.02. The molecule has 1 amide bonds. The molecule has 23 heavy (non-hydrogen) atoms. The van der Waals surface area contributed by atoms with Gasteiger partial charge in [0.2, 0.25) is 5.91 Å². The highest BCUT2D eigenvalue weighted by Gasteiger charge is 2.08. The van der Waals surface area contributed by atoms with Gasteiger partial charge in [-0.2, -0.15) is 0 Å². The highest BCUT2D eigenvalue weighted by atomic mass is 16.5. The fraction of sp³-hybridized carbons (Fsp3) is 0.278. The molecular weight excluding hydrogens is 294 g/mol. The zero-order valence-electron chi connectivity index (χ0n) is 13.6. The molecule has 0 fully saturated rings. The largest absolute Gasteiger partial charge is 0.494 e. The Labute approximate surface area is 135 Å². The van der Waals surface area contributed by atoms with Gasteiger partial charge < -0.3 is 19.2 Å². The van der Waals surface area contributed by atoms with E-state index in [0.29, 0.717) is 36.2 Å². The van der Waals surface area contributed by atoms with Gasteiger partial charge in [0.05, 0.1) is 18.9 Å². The first-order chi connectivity index (χ1) is 11.1. The van der Waals surface area contributed by atoms with Gasteiger partial charge >= 0.3 is 0 Å². The van der Waals surface area contributed by atoms with Gasteiger partial charge in [-0.15, -0.1) is 0 Å². The minimum absolute atomic E-state index is 0.270. The van der Waals surface area contributed by atoms with Crippen molar-refractivity contribution in [3.8, 4) is 11.5 Å². The van der Waals surface area contributed by atoms with Gasteiger partial charge in [0.1, 0.15) is 23.0 Å². The number of aryl methyl sites for hydroxylation is 1. The van der Waals surface area contributed by atoms with E-state index in [1.807, 2.05) is 32.9 Å². The van der Waals surface area contributed by atoms with Crippen LogP contribution in [0.25, 0.3) is 6.08 Å². The predicted octanol–water partition coefficient (Wildman–Crippen LogP) is 4.04. The van der Waals surface area contributed by atoms with Crippen LogP contribution in [0.4, 0.5) is 5.69 Å². The van der Waals surface area contributed by atoms with Crippen LogP contribution in [0.3, 0.4) is 0 Å². The molecule has 5 heteroatoms. The summed E-state index contributed by atoms with van der Waals surface area (Å²) in [5, 5.41) is 2.80. The molecule has 0 aliphatic carbocycles. The number of carbonyl (C=O) groups excluding carboxylic acids is 1. The summed E-state index contributed by atoms with van der Waals surface area (Å²) >= 11 is 0. The number of carbonyl (C=O) groups is 1. The number of nitrogens with one attached hydrogen (secondary N) is 1. The Bertz CT molecular complexity index is 688. The first-order valence-corrected chi connectivity index (χ1v) is 7.57. The molecule has 0 saturated carbocycles. The molecule has 122 valence electrons. The Morgan fingerprint density at radius 1 is 1.17 bits per heavy atom. The van der Waals surface area contributed by atoms with Crippen molar-refractivity contribution in [2.75, 3.05) is 18.5 Å². The normalized spacial score (nSPS) is 10.7. The summed E-state index contributed by atoms with van der Waals surface area (Å²) in [6.45, 7) is 6.71. The summed E-state index contributed by atoms with van der Waals surface area (Å²) in [5.41, 5.74) is 0.572. The van der Waals surface area contributed by atoms with Gasteiger partial charge in [-0.1, -0.05) is 0 Å². The van der Waals surface area contributed by atoms with E-state index in [-0.39, 0.29) is 5.91 Å². The van der Waals surface area contributed by atoms with Gasteiger partial charge in [-0.3, -0.25) is 4.79 Å². The first-order valence-electron chi connectivity index (χ1n) is 7.57. The van der Waals surface area contributed by atoms with Crippen molar-refractivity contribution in [3.05, 3.63) is 47.9 Å². The summed E-state index contributed by atoms with van der Waals surface area (Å²) < 4.78 is 16.4. The lowest BCUT2D eigenvalue weighted by Crippen LogP contribution is -2.09. The molecule has 1 heterocycles. The van der Waals surface area contributed by atoms with Crippen molar-refractivity contribution in [3.63, 3.8) is 0 Å². The number of rotatable bonds is 7. The summed E-state index contributed by atoms with van der Waals surface area (Å²) in [6, 6.07) is 8.99. The van der Waals surface area contributed by atoms with E-state index in [0.717, 1.165) is 5.76 Å². The minimum atomic E-state index is -0.270. The quantitative estimate of drug-likeness (QED) is 0.783. The Kier molecular flexibility index (Phi) is 5.86. The maximum Gasteiger partial charge on any atom is 0.248 e. The first kappa shape index (κ1) is 16.7. The van der Waals surface area contributed by atoms with Crippen LogP contribution in [0.15, 0.2) is 40.8 Å². The maximum atomic E-state index is 12.1. The number of hydrogen-bond donors (Lipinski definition) is 1. The lowest BCUT2D eigenvalue weighted by atomic mass is 10.2. The molecule has 0 bridgehead atoms. The molecule has 1 N–H and O–H groups in total. The molecule has 0 saturated heterocycles. The Balaban J connectivity index is 2.11. The van der Waals surface area contributed by atoms with Crippen LogP contribution >= 0.6 is 0 Å². The fourth-order valence-corrected chi connectivity index (χ4v) is 2.02. The molecule has 0 aliphatic heterocycles. The van der Waals surface area contributed by atoms with Crippen LogP contribution in [0.2, 0.25) is 0 Å². The number of benzene rings is 1.